The van der Waals surface area contributed by atoms with Crippen molar-refractivity contribution in [3.05, 3.63) is 0 Å². The standard InChI is InChI=1S/C10H21N3.ClH/c1-4-13(5-2)8-6-7-10(3)12-9-11;/h10-11H,4-8H2,1-3H3;1H. The van der Waals surface area contributed by atoms with E-state index in [0.717, 1.165) is 32.5 Å². The SMILES string of the molecule is CCN(CC)CCCC(C)N=C=N.Cl. The third-order valence-electron chi connectivity index (χ3n) is 2.28. The minimum absolute atomic E-state index is 0. The van der Waals surface area contributed by atoms with Gasteiger partial charge in [0.05, 0.1) is 12.1 Å². The molecule has 84 valence electrons. The van der Waals surface area contributed by atoms with E-state index in [1.165, 1.54) is 0 Å². The fraction of sp³-hybridized carbons (Fsp3) is 0.900. The van der Waals surface area contributed by atoms with Crippen LogP contribution in [0.2, 0.25) is 0 Å². The molecule has 0 saturated carbocycles. The summed E-state index contributed by atoms with van der Waals surface area (Å²) in [4.78, 5) is 6.27. The highest BCUT2D eigenvalue weighted by molar-refractivity contribution is 5.85. The van der Waals surface area contributed by atoms with Gasteiger partial charge in [0.25, 0.3) is 0 Å². The van der Waals surface area contributed by atoms with Gasteiger partial charge in [-0.15, -0.1) is 12.4 Å². The van der Waals surface area contributed by atoms with Crippen molar-refractivity contribution >= 4 is 18.4 Å². The van der Waals surface area contributed by atoms with Crippen LogP contribution in [0.15, 0.2) is 4.99 Å². The molecule has 0 saturated heterocycles. The molecule has 4 heteroatoms. The van der Waals surface area contributed by atoms with Crippen molar-refractivity contribution in [3.63, 3.8) is 0 Å². The monoisotopic (exact) mass is 219 g/mol. The highest BCUT2D eigenvalue weighted by Gasteiger charge is 2.01. The van der Waals surface area contributed by atoms with Crippen LogP contribution in [-0.2, 0) is 0 Å². The first-order valence-electron chi connectivity index (χ1n) is 5.08. The summed E-state index contributed by atoms with van der Waals surface area (Å²) in [6.45, 7) is 9.79. The van der Waals surface area contributed by atoms with E-state index in [4.69, 9.17) is 5.41 Å². The van der Waals surface area contributed by atoms with Crippen LogP contribution >= 0.6 is 12.4 Å². The Labute approximate surface area is 93.5 Å². The quantitative estimate of drug-likeness (QED) is 0.657. The Morgan fingerprint density at radius 3 is 2.36 bits per heavy atom. The van der Waals surface area contributed by atoms with Crippen LogP contribution in [0.3, 0.4) is 0 Å². The van der Waals surface area contributed by atoms with E-state index in [-0.39, 0.29) is 18.4 Å². The van der Waals surface area contributed by atoms with Gasteiger partial charge in [-0.1, -0.05) is 13.8 Å². The normalized spacial score (nSPS) is 11.7. The van der Waals surface area contributed by atoms with Crippen LogP contribution in [0.25, 0.3) is 0 Å². The highest BCUT2D eigenvalue weighted by atomic mass is 35.5. The number of nitrogens with zero attached hydrogens (tertiary/aromatic N) is 2. The van der Waals surface area contributed by atoms with Crippen LogP contribution in [0, 0.1) is 5.41 Å². The van der Waals surface area contributed by atoms with E-state index in [1.54, 1.807) is 0 Å². The van der Waals surface area contributed by atoms with Crippen molar-refractivity contribution in [2.24, 2.45) is 4.99 Å². The molecule has 0 aliphatic rings. The fourth-order valence-electron chi connectivity index (χ4n) is 1.32. The van der Waals surface area contributed by atoms with Gasteiger partial charge in [0, 0.05) is 0 Å². The maximum atomic E-state index is 6.70. The first kappa shape index (κ1) is 16.1. The molecule has 0 heterocycles. The molecular weight excluding hydrogens is 198 g/mol. The third-order valence-corrected chi connectivity index (χ3v) is 2.28. The number of hydrogen-bond donors (Lipinski definition) is 1. The van der Waals surface area contributed by atoms with Gasteiger partial charge < -0.3 is 4.90 Å². The Morgan fingerprint density at radius 2 is 1.93 bits per heavy atom. The minimum atomic E-state index is 0. The zero-order valence-electron chi connectivity index (χ0n) is 9.42. The molecule has 0 aromatic heterocycles. The molecule has 0 radical (unpaired) electrons. The molecule has 0 bridgehead atoms. The topological polar surface area (TPSA) is 39.5 Å². The fourth-order valence-corrected chi connectivity index (χ4v) is 1.32. The Kier molecular flexibility index (Phi) is 12.3. The lowest BCUT2D eigenvalue weighted by Crippen LogP contribution is -2.24. The second-order valence-corrected chi connectivity index (χ2v) is 3.26. The number of aliphatic imine (C=N–C) groups is 1. The number of halogens is 1. The summed E-state index contributed by atoms with van der Waals surface area (Å²) in [6, 6.07) is 2.35. The lowest BCUT2D eigenvalue weighted by atomic mass is 10.2. The zero-order valence-corrected chi connectivity index (χ0v) is 10.2. The van der Waals surface area contributed by atoms with Gasteiger partial charge >= 0.3 is 0 Å². The van der Waals surface area contributed by atoms with Crippen LogP contribution in [-0.4, -0.2) is 36.6 Å². The van der Waals surface area contributed by atoms with Gasteiger partial charge in [-0.25, -0.2) is 10.4 Å². The van der Waals surface area contributed by atoms with E-state index in [9.17, 15) is 0 Å². The van der Waals surface area contributed by atoms with Gasteiger partial charge in [0.15, 0.2) is 0 Å². The zero-order chi connectivity index (χ0) is 10.1. The van der Waals surface area contributed by atoms with Crippen LogP contribution < -0.4 is 0 Å². The Hall–Kier alpha value is -0.370. The number of nitrogens with one attached hydrogen (secondary N) is 1. The summed E-state index contributed by atoms with van der Waals surface area (Å²) in [5.41, 5.74) is 0. The maximum Gasteiger partial charge on any atom is 0.0864 e. The molecule has 0 spiro atoms. The Morgan fingerprint density at radius 1 is 1.36 bits per heavy atom. The molecule has 1 unspecified atom stereocenters. The smallest absolute Gasteiger partial charge is 0.0864 e. The van der Waals surface area contributed by atoms with Gasteiger partial charge in [-0.3, -0.25) is 0 Å². The van der Waals surface area contributed by atoms with Gasteiger partial charge in [-0.2, -0.15) is 0 Å². The second kappa shape index (κ2) is 10.7. The molecule has 0 rings (SSSR count). The summed E-state index contributed by atoms with van der Waals surface area (Å²) in [5, 5.41) is 6.70. The summed E-state index contributed by atoms with van der Waals surface area (Å²) in [6.07, 6.45) is 2.22. The number of rotatable bonds is 7. The van der Waals surface area contributed by atoms with E-state index >= 15 is 0 Å². The molecule has 0 aliphatic carbocycles. The van der Waals surface area contributed by atoms with Gasteiger partial charge in [0.2, 0.25) is 0 Å². The van der Waals surface area contributed by atoms with Crippen molar-refractivity contribution < 1.29 is 0 Å². The second-order valence-electron chi connectivity index (χ2n) is 3.26. The largest absolute Gasteiger partial charge is 0.304 e. The summed E-state index contributed by atoms with van der Waals surface area (Å²) < 4.78 is 0. The predicted molar refractivity (Wildman–Crippen MR) is 63.9 cm³/mol. The lowest BCUT2D eigenvalue weighted by molar-refractivity contribution is 0.294. The maximum absolute atomic E-state index is 6.70. The van der Waals surface area contributed by atoms with E-state index in [1.807, 2.05) is 6.92 Å². The average Bonchev–Trinajstić information content (AvgIpc) is 2.13. The van der Waals surface area contributed by atoms with Crippen molar-refractivity contribution in [1.29, 1.82) is 5.41 Å². The first-order valence-corrected chi connectivity index (χ1v) is 5.08. The van der Waals surface area contributed by atoms with E-state index in [2.05, 4.69) is 29.7 Å². The molecule has 14 heavy (non-hydrogen) atoms. The summed E-state index contributed by atoms with van der Waals surface area (Å²) >= 11 is 0. The van der Waals surface area contributed by atoms with Gasteiger partial charge in [0.1, 0.15) is 0 Å². The molecule has 0 aromatic carbocycles. The van der Waals surface area contributed by atoms with Crippen molar-refractivity contribution in [2.45, 2.75) is 39.7 Å². The average molecular weight is 220 g/mol. The Bertz CT molecular complexity index is 163. The summed E-state index contributed by atoms with van der Waals surface area (Å²) in [5.74, 6) is 0. The van der Waals surface area contributed by atoms with E-state index in [0.29, 0.717) is 0 Å². The van der Waals surface area contributed by atoms with E-state index < -0.39 is 0 Å². The van der Waals surface area contributed by atoms with Crippen molar-refractivity contribution in [3.8, 4) is 0 Å². The molecular formula is C10H22ClN3. The van der Waals surface area contributed by atoms with Crippen molar-refractivity contribution in [1.82, 2.24) is 4.90 Å². The van der Waals surface area contributed by atoms with Crippen molar-refractivity contribution in [2.75, 3.05) is 19.6 Å². The summed E-state index contributed by atoms with van der Waals surface area (Å²) in [7, 11) is 0. The molecule has 1 N–H and O–H groups in total. The molecule has 0 fully saturated rings. The first-order chi connectivity index (χ1) is 6.24. The molecule has 3 nitrogen and oxygen atoms in total. The third kappa shape index (κ3) is 8.24. The molecule has 0 amide bonds. The van der Waals surface area contributed by atoms with Gasteiger partial charge in [-0.05, 0) is 39.4 Å². The highest BCUT2D eigenvalue weighted by Crippen LogP contribution is 2.01. The Balaban J connectivity index is 0. The van der Waals surface area contributed by atoms with Crippen LogP contribution in [0.4, 0.5) is 0 Å². The van der Waals surface area contributed by atoms with Crippen LogP contribution in [0.5, 0.6) is 0 Å². The predicted octanol–water partition coefficient (Wildman–Crippen LogP) is 2.67. The molecule has 1 atom stereocenters. The lowest BCUT2D eigenvalue weighted by Gasteiger charge is -2.17. The molecule has 0 aliphatic heterocycles. The minimum Gasteiger partial charge on any atom is -0.304 e. The molecule has 0 aromatic rings. The number of hydrogen-bond acceptors (Lipinski definition) is 3. The van der Waals surface area contributed by atoms with Crippen LogP contribution in [0.1, 0.15) is 33.6 Å².